The van der Waals surface area contributed by atoms with Crippen LogP contribution in [0.2, 0.25) is 0 Å². The van der Waals surface area contributed by atoms with Gasteiger partial charge in [0, 0.05) is 29.3 Å². The summed E-state index contributed by atoms with van der Waals surface area (Å²) in [5, 5.41) is 35.3. The molecule has 0 aliphatic carbocycles. The second kappa shape index (κ2) is 11.1. The van der Waals surface area contributed by atoms with Crippen LogP contribution in [-0.4, -0.2) is 0 Å². The van der Waals surface area contributed by atoms with Crippen molar-refractivity contribution in [1.82, 2.24) is 0 Å². The number of thiophene rings is 3. The van der Waals surface area contributed by atoms with Gasteiger partial charge in [-0.25, -0.2) is 0 Å². The van der Waals surface area contributed by atoms with E-state index in [1.165, 1.54) is 42.8 Å². The van der Waals surface area contributed by atoms with Gasteiger partial charge in [0.05, 0.1) is 0 Å². The van der Waals surface area contributed by atoms with Crippen molar-refractivity contribution in [2.75, 3.05) is 0 Å². The molecule has 33 heavy (non-hydrogen) atoms. The topological polar surface area (TPSA) is 95.2 Å². The van der Waals surface area contributed by atoms with Gasteiger partial charge in [0.2, 0.25) is 0 Å². The number of nitriles is 4. The van der Waals surface area contributed by atoms with Gasteiger partial charge in [-0.1, -0.05) is 12.2 Å². The van der Waals surface area contributed by atoms with Crippen LogP contribution in [0, 0.1) is 59.2 Å². The van der Waals surface area contributed by atoms with E-state index in [4.69, 9.17) is 21.0 Å². The fourth-order valence-corrected chi connectivity index (χ4v) is 6.36. The van der Waals surface area contributed by atoms with Crippen LogP contribution in [0.15, 0.2) is 59.7 Å². The Hall–Kier alpha value is -3.98. The van der Waals surface area contributed by atoms with E-state index >= 15 is 0 Å². The third-order valence-corrected chi connectivity index (χ3v) is 8.53. The molecule has 0 aliphatic rings. The monoisotopic (exact) mass is 480 g/mol. The van der Waals surface area contributed by atoms with Crippen molar-refractivity contribution in [3.8, 4) is 43.8 Å². The lowest BCUT2D eigenvalue weighted by molar-refractivity contribution is 1.41. The Morgan fingerprint density at radius 1 is 0.636 bits per heavy atom. The molecule has 0 atom stereocenters. The molecular weight excluding hydrogens is 465 g/mol. The molecule has 158 valence electrons. The molecule has 0 unspecified atom stereocenters. The molecule has 0 bridgehead atoms. The standard InChI is InChI=1S/C26H16N4S3/c1-17-18(2)26(24-12-10-22(32-24)8-4-6-20(15-29)16-30)33-25(17)23-11-9-21(31-23)7-3-5-19(13-27)14-28/h3-12H,1-2H3/b7-3+,8-4+. The predicted molar refractivity (Wildman–Crippen MR) is 137 cm³/mol. The van der Waals surface area contributed by atoms with Gasteiger partial charge in [-0.2, -0.15) is 21.0 Å². The SMILES string of the molecule is Cc1c(-c2ccc(/C=C/C=C(C#N)C#N)s2)sc(-c2ccc(/C=C/C=C(C#N)C#N)s2)c1C. The molecule has 0 saturated heterocycles. The minimum atomic E-state index is 0.0779. The third kappa shape index (κ3) is 5.64. The van der Waals surface area contributed by atoms with E-state index in [1.807, 2.05) is 48.6 Å². The van der Waals surface area contributed by atoms with Crippen LogP contribution < -0.4 is 0 Å². The first kappa shape index (κ1) is 23.7. The van der Waals surface area contributed by atoms with Gasteiger partial charge >= 0.3 is 0 Å². The third-order valence-electron chi connectivity index (χ3n) is 4.68. The Kier molecular flexibility index (Phi) is 7.93. The van der Waals surface area contributed by atoms with E-state index in [0.29, 0.717) is 0 Å². The van der Waals surface area contributed by atoms with E-state index < -0.39 is 0 Å². The van der Waals surface area contributed by atoms with E-state index in [1.54, 1.807) is 46.2 Å². The summed E-state index contributed by atoms with van der Waals surface area (Å²) in [5.41, 5.74) is 2.66. The summed E-state index contributed by atoms with van der Waals surface area (Å²) in [4.78, 5) is 6.93. The lowest BCUT2D eigenvalue weighted by Crippen LogP contribution is -1.75. The van der Waals surface area contributed by atoms with Gasteiger partial charge in [0.1, 0.15) is 35.4 Å². The number of nitrogens with zero attached hydrogens (tertiary/aromatic N) is 4. The highest BCUT2D eigenvalue weighted by molar-refractivity contribution is 7.27. The maximum atomic E-state index is 8.82. The summed E-state index contributed by atoms with van der Waals surface area (Å²) in [6, 6.07) is 15.7. The molecule has 3 heterocycles. The quantitative estimate of drug-likeness (QED) is 0.266. The van der Waals surface area contributed by atoms with E-state index in [2.05, 4.69) is 26.0 Å². The molecule has 0 aliphatic heterocycles. The molecule has 4 nitrogen and oxygen atoms in total. The molecule has 3 rings (SSSR count). The molecule has 0 fully saturated rings. The number of hydrogen-bond acceptors (Lipinski definition) is 7. The average Bonchev–Trinajstić information content (AvgIpc) is 3.55. The normalized spacial score (nSPS) is 10.4. The maximum Gasteiger partial charge on any atom is 0.129 e. The highest BCUT2D eigenvalue weighted by Gasteiger charge is 2.17. The molecule has 0 spiro atoms. The van der Waals surface area contributed by atoms with Crippen LogP contribution in [0.5, 0.6) is 0 Å². The molecule has 3 aromatic heterocycles. The van der Waals surface area contributed by atoms with Gasteiger partial charge < -0.3 is 0 Å². The van der Waals surface area contributed by atoms with Crippen LogP contribution in [0.3, 0.4) is 0 Å². The second-order valence-electron chi connectivity index (χ2n) is 6.74. The van der Waals surface area contributed by atoms with Crippen molar-refractivity contribution in [3.05, 3.63) is 80.6 Å². The second-order valence-corrected chi connectivity index (χ2v) is 9.99. The van der Waals surface area contributed by atoms with Crippen LogP contribution in [-0.2, 0) is 0 Å². The summed E-state index contributed by atoms with van der Waals surface area (Å²) in [6.07, 6.45) is 10.3. The highest BCUT2D eigenvalue weighted by atomic mass is 32.1. The number of rotatable bonds is 6. The van der Waals surface area contributed by atoms with Crippen LogP contribution in [0.4, 0.5) is 0 Å². The van der Waals surface area contributed by atoms with E-state index in [0.717, 1.165) is 9.75 Å². The molecular formula is C26H16N4S3. The summed E-state index contributed by atoms with van der Waals surface area (Å²) in [5.74, 6) is 0. The van der Waals surface area contributed by atoms with Crippen LogP contribution in [0.25, 0.3) is 31.7 Å². The molecule has 0 radical (unpaired) electrons. The van der Waals surface area contributed by atoms with Crippen molar-refractivity contribution < 1.29 is 0 Å². The van der Waals surface area contributed by atoms with E-state index in [9.17, 15) is 0 Å². The van der Waals surface area contributed by atoms with Crippen LogP contribution in [0.1, 0.15) is 20.9 Å². The van der Waals surface area contributed by atoms with E-state index in [-0.39, 0.29) is 11.1 Å². The fourth-order valence-electron chi connectivity index (χ4n) is 2.87. The maximum absolute atomic E-state index is 8.82. The molecule has 0 saturated carbocycles. The molecule has 0 aromatic carbocycles. The zero-order valence-electron chi connectivity index (χ0n) is 17.8. The van der Waals surface area contributed by atoms with Crippen LogP contribution >= 0.6 is 34.0 Å². The first-order valence-corrected chi connectivity index (χ1v) is 12.1. The molecule has 0 amide bonds. The first-order valence-electron chi connectivity index (χ1n) is 9.68. The zero-order valence-corrected chi connectivity index (χ0v) is 20.2. The fraction of sp³-hybridized carbons (Fsp3) is 0.0769. The number of hydrogen-bond donors (Lipinski definition) is 0. The van der Waals surface area contributed by atoms with Crippen molar-refractivity contribution in [1.29, 1.82) is 21.0 Å². The lowest BCUT2D eigenvalue weighted by atomic mass is 10.1. The van der Waals surface area contributed by atoms with Gasteiger partial charge in [0.25, 0.3) is 0 Å². The highest BCUT2D eigenvalue weighted by Crippen LogP contribution is 2.45. The van der Waals surface area contributed by atoms with Crippen molar-refractivity contribution in [2.45, 2.75) is 13.8 Å². The predicted octanol–water partition coefficient (Wildman–Crippen LogP) is 7.80. The van der Waals surface area contributed by atoms with Crippen molar-refractivity contribution >= 4 is 46.2 Å². The Bertz CT molecular complexity index is 1330. The zero-order chi connectivity index (χ0) is 23.8. The summed E-state index contributed by atoms with van der Waals surface area (Å²) >= 11 is 5.11. The minimum absolute atomic E-state index is 0.0779. The smallest absolute Gasteiger partial charge is 0.129 e. The van der Waals surface area contributed by atoms with Gasteiger partial charge in [-0.3, -0.25) is 0 Å². The lowest BCUT2D eigenvalue weighted by Gasteiger charge is -1.95. The summed E-state index contributed by atoms with van der Waals surface area (Å²) < 4.78 is 0. The van der Waals surface area contributed by atoms with Gasteiger partial charge in [-0.05, 0) is 73.5 Å². The Morgan fingerprint density at radius 2 is 1.03 bits per heavy atom. The summed E-state index contributed by atoms with van der Waals surface area (Å²) in [6.45, 7) is 4.28. The largest absolute Gasteiger partial charge is 0.192 e. The molecule has 7 heteroatoms. The van der Waals surface area contributed by atoms with Gasteiger partial charge in [0.15, 0.2) is 0 Å². The van der Waals surface area contributed by atoms with Gasteiger partial charge in [-0.15, -0.1) is 34.0 Å². The minimum Gasteiger partial charge on any atom is -0.192 e. The molecule has 0 N–H and O–H groups in total. The van der Waals surface area contributed by atoms with Crippen molar-refractivity contribution in [3.63, 3.8) is 0 Å². The Labute approximate surface area is 204 Å². The summed E-state index contributed by atoms with van der Waals surface area (Å²) in [7, 11) is 0. The number of allylic oxidation sites excluding steroid dienone is 6. The first-order chi connectivity index (χ1) is 16.0. The Morgan fingerprint density at radius 3 is 1.39 bits per heavy atom. The average molecular weight is 481 g/mol. The van der Waals surface area contributed by atoms with Crippen molar-refractivity contribution in [2.24, 2.45) is 0 Å². The Balaban J connectivity index is 1.85. The molecule has 3 aromatic rings.